The first-order chi connectivity index (χ1) is 34.0. The molecule has 394 valence electrons. The first-order valence-corrected chi connectivity index (χ1v) is 28.7. The first kappa shape index (κ1) is 65.3. The highest BCUT2D eigenvalue weighted by Crippen LogP contribution is 2.15. The Morgan fingerprint density at radius 2 is 0.580 bits per heavy atom. The summed E-state index contributed by atoms with van der Waals surface area (Å²) in [7, 11) is 0. The quantitative estimate of drug-likeness (QED) is 0.0262. The monoisotopic (exact) mass is 959 g/mol. The SMILES string of the molecule is CC/C=C\C/C=C\C/C=C\C/C=C\CCCCCCCCC(=O)OCC(COC(=O)CCCCCCCCCCCCCCCCC)OC(=O)CCC/C=C\C/C=C\C/C=C\C/C=C\CCCCC. The van der Waals surface area contributed by atoms with E-state index in [0.29, 0.717) is 19.3 Å². The highest BCUT2D eigenvalue weighted by atomic mass is 16.6. The van der Waals surface area contributed by atoms with E-state index in [0.717, 1.165) is 103 Å². The molecular weight excluding hydrogens is 853 g/mol. The number of ether oxygens (including phenoxy) is 3. The molecule has 0 aliphatic carbocycles. The fraction of sp³-hybridized carbons (Fsp3) is 0.698. The molecule has 0 bridgehead atoms. The number of hydrogen-bond acceptors (Lipinski definition) is 6. The molecule has 0 heterocycles. The van der Waals surface area contributed by atoms with E-state index < -0.39 is 6.10 Å². The van der Waals surface area contributed by atoms with E-state index in [-0.39, 0.29) is 37.5 Å². The summed E-state index contributed by atoms with van der Waals surface area (Å²) in [5, 5.41) is 0. The summed E-state index contributed by atoms with van der Waals surface area (Å²) < 4.78 is 16.8. The van der Waals surface area contributed by atoms with E-state index >= 15 is 0 Å². The van der Waals surface area contributed by atoms with E-state index in [1.54, 1.807) is 0 Å². The minimum absolute atomic E-state index is 0.102. The summed E-state index contributed by atoms with van der Waals surface area (Å²) in [4.78, 5) is 38.1. The van der Waals surface area contributed by atoms with Crippen LogP contribution in [0.15, 0.2) is 97.2 Å². The van der Waals surface area contributed by atoms with Crippen LogP contribution in [0, 0.1) is 0 Å². The van der Waals surface area contributed by atoms with Crippen LogP contribution in [0.4, 0.5) is 0 Å². The van der Waals surface area contributed by atoms with Crippen molar-refractivity contribution in [1.82, 2.24) is 0 Å². The fourth-order valence-corrected chi connectivity index (χ4v) is 7.78. The van der Waals surface area contributed by atoms with Gasteiger partial charge in [-0.2, -0.15) is 0 Å². The van der Waals surface area contributed by atoms with Crippen LogP contribution in [0.25, 0.3) is 0 Å². The molecule has 0 aliphatic heterocycles. The van der Waals surface area contributed by atoms with Crippen molar-refractivity contribution in [3.05, 3.63) is 97.2 Å². The van der Waals surface area contributed by atoms with Crippen LogP contribution < -0.4 is 0 Å². The molecule has 0 aliphatic rings. The van der Waals surface area contributed by atoms with Gasteiger partial charge in [0.25, 0.3) is 0 Å². The van der Waals surface area contributed by atoms with Gasteiger partial charge in [-0.05, 0) is 96.3 Å². The highest BCUT2D eigenvalue weighted by Gasteiger charge is 2.19. The van der Waals surface area contributed by atoms with E-state index in [2.05, 4.69) is 118 Å². The molecule has 6 nitrogen and oxygen atoms in total. The normalized spacial score (nSPS) is 12.8. The average Bonchev–Trinajstić information content (AvgIpc) is 3.35. The molecule has 69 heavy (non-hydrogen) atoms. The Labute approximate surface area is 426 Å². The Kier molecular flexibility index (Phi) is 53.9. The van der Waals surface area contributed by atoms with Gasteiger partial charge < -0.3 is 14.2 Å². The molecule has 0 aromatic rings. The summed E-state index contributed by atoms with van der Waals surface area (Å²) in [6.45, 7) is 6.45. The van der Waals surface area contributed by atoms with Crippen LogP contribution in [0.5, 0.6) is 0 Å². The predicted octanol–water partition coefficient (Wildman–Crippen LogP) is 19.3. The van der Waals surface area contributed by atoms with Crippen molar-refractivity contribution in [2.45, 2.75) is 271 Å². The zero-order valence-corrected chi connectivity index (χ0v) is 45.0. The Bertz CT molecular complexity index is 1380. The van der Waals surface area contributed by atoms with Crippen molar-refractivity contribution >= 4 is 17.9 Å². The largest absolute Gasteiger partial charge is 0.462 e. The van der Waals surface area contributed by atoms with Gasteiger partial charge in [0.2, 0.25) is 0 Å². The molecule has 1 unspecified atom stereocenters. The van der Waals surface area contributed by atoms with Crippen molar-refractivity contribution in [2.75, 3.05) is 13.2 Å². The topological polar surface area (TPSA) is 78.9 Å². The number of unbranched alkanes of at least 4 members (excludes halogenated alkanes) is 24. The molecule has 0 aromatic heterocycles. The van der Waals surface area contributed by atoms with Gasteiger partial charge >= 0.3 is 17.9 Å². The molecule has 0 rings (SSSR count). The van der Waals surface area contributed by atoms with Gasteiger partial charge in [-0.25, -0.2) is 0 Å². The van der Waals surface area contributed by atoms with Gasteiger partial charge in [0.05, 0.1) is 0 Å². The van der Waals surface area contributed by atoms with Crippen molar-refractivity contribution in [3.63, 3.8) is 0 Å². The summed E-state index contributed by atoms with van der Waals surface area (Å²) in [5.41, 5.74) is 0. The van der Waals surface area contributed by atoms with Crippen LogP contribution in [-0.2, 0) is 28.6 Å². The Morgan fingerprint density at radius 3 is 0.957 bits per heavy atom. The molecule has 0 aromatic carbocycles. The number of esters is 3. The summed E-state index contributed by atoms with van der Waals surface area (Å²) >= 11 is 0. The lowest BCUT2D eigenvalue weighted by Crippen LogP contribution is -2.30. The third-order valence-corrected chi connectivity index (χ3v) is 12.1. The van der Waals surface area contributed by atoms with Gasteiger partial charge in [-0.15, -0.1) is 0 Å². The molecule has 1 atom stereocenters. The number of allylic oxidation sites excluding steroid dienone is 16. The van der Waals surface area contributed by atoms with Gasteiger partial charge in [0, 0.05) is 19.3 Å². The molecule has 0 saturated carbocycles. The number of carbonyl (C=O) groups is 3. The smallest absolute Gasteiger partial charge is 0.306 e. The summed E-state index contributed by atoms with van der Waals surface area (Å²) in [6, 6.07) is 0. The lowest BCUT2D eigenvalue weighted by atomic mass is 10.0. The molecule has 0 spiro atoms. The van der Waals surface area contributed by atoms with Crippen LogP contribution in [-0.4, -0.2) is 37.2 Å². The number of hydrogen-bond donors (Lipinski definition) is 0. The zero-order chi connectivity index (χ0) is 50.0. The van der Waals surface area contributed by atoms with Gasteiger partial charge in [-0.1, -0.05) is 246 Å². The van der Waals surface area contributed by atoms with Crippen molar-refractivity contribution in [3.8, 4) is 0 Å². The van der Waals surface area contributed by atoms with Crippen LogP contribution in [0.3, 0.4) is 0 Å². The number of carbonyl (C=O) groups excluding carboxylic acids is 3. The first-order valence-electron chi connectivity index (χ1n) is 28.7. The summed E-state index contributed by atoms with van der Waals surface area (Å²) in [6.07, 6.45) is 75.4. The van der Waals surface area contributed by atoms with Crippen molar-refractivity contribution < 1.29 is 28.6 Å². The highest BCUT2D eigenvalue weighted by molar-refractivity contribution is 5.71. The third kappa shape index (κ3) is 55.1. The second kappa shape index (κ2) is 56.9. The molecular formula is C63H106O6. The van der Waals surface area contributed by atoms with Crippen LogP contribution >= 0.6 is 0 Å². The maximum atomic E-state index is 12.8. The lowest BCUT2D eigenvalue weighted by molar-refractivity contribution is -0.167. The van der Waals surface area contributed by atoms with E-state index in [4.69, 9.17) is 14.2 Å². The average molecular weight is 960 g/mol. The molecule has 0 amide bonds. The Morgan fingerprint density at radius 1 is 0.304 bits per heavy atom. The van der Waals surface area contributed by atoms with Gasteiger partial charge in [-0.3, -0.25) is 14.4 Å². The molecule has 0 radical (unpaired) electrons. The third-order valence-electron chi connectivity index (χ3n) is 12.1. The Hall–Kier alpha value is -3.67. The maximum Gasteiger partial charge on any atom is 0.306 e. The molecule has 0 fully saturated rings. The molecule has 0 saturated heterocycles. The lowest BCUT2D eigenvalue weighted by Gasteiger charge is -2.18. The van der Waals surface area contributed by atoms with E-state index in [1.165, 1.54) is 116 Å². The maximum absolute atomic E-state index is 12.8. The van der Waals surface area contributed by atoms with Crippen molar-refractivity contribution in [2.24, 2.45) is 0 Å². The van der Waals surface area contributed by atoms with Gasteiger partial charge in [0.1, 0.15) is 13.2 Å². The van der Waals surface area contributed by atoms with Crippen LogP contribution in [0.1, 0.15) is 265 Å². The second-order valence-electron chi connectivity index (χ2n) is 18.8. The molecule has 6 heteroatoms. The van der Waals surface area contributed by atoms with Gasteiger partial charge in [0.15, 0.2) is 6.10 Å². The van der Waals surface area contributed by atoms with Crippen LogP contribution in [0.2, 0.25) is 0 Å². The molecule has 0 N–H and O–H groups in total. The predicted molar refractivity (Wildman–Crippen MR) is 297 cm³/mol. The Balaban J connectivity index is 4.49. The van der Waals surface area contributed by atoms with E-state index in [1.807, 2.05) is 0 Å². The second-order valence-corrected chi connectivity index (χ2v) is 18.8. The minimum Gasteiger partial charge on any atom is -0.462 e. The number of rotatable bonds is 51. The zero-order valence-electron chi connectivity index (χ0n) is 45.0. The minimum atomic E-state index is -0.812. The standard InChI is InChI=1S/C63H106O6/c1-4-7-10-13-16-19-22-25-28-30-31-33-35-38-41-44-47-50-53-56-62(65)68-59-60(58-67-61(64)55-52-49-46-43-40-37-34-27-24-21-18-15-12-9-6-3)69-63(66)57-54-51-48-45-42-39-36-32-29-26-23-20-17-14-11-8-5-2/h7,10,16-17,19-20,25-26,28-29,31,33,36,39,45,48,60H,4-6,8-9,11-15,18,21-24,27,30,32,34-35,37-38,40-44,46-47,49-59H2,1-3H3/b10-7-,19-16-,20-17-,28-25-,29-26-,33-31-,39-36-,48-45-. The van der Waals surface area contributed by atoms with Crippen molar-refractivity contribution in [1.29, 1.82) is 0 Å². The van der Waals surface area contributed by atoms with E-state index in [9.17, 15) is 14.4 Å². The fourth-order valence-electron chi connectivity index (χ4n) is 7.78. The summed E-state index contributed by atoms with van der Waals surface area (Å²) in [5.74, 6) is -0.969.